The van der Waals surface area contributed by atoms with Gasteiger partial charge in [0, 0.05) is 17.5 Å². The normalized spacial score (nSPS) is 28.5. The number of hydrogen-bond acceptors (Lipinski definition) is 4. The Hall–Kier alpha value is -0.430. The van der Waals surface area contributed by atoms with E-state index in [1.54, 1.807) is 15.8 Å². The van der Waals surface area contributed by atoms with Gasteiger partial charge in [-0.1, -0.05) is 6.42 Å². The molecule has 1 aliphatic carbocycles. The maximum atomic E-state index is 12.8. The molecule has 0 aromatic carbocycles. The van der Waals surface area contributed by atoms with Gasteiger partial charge in [-0.05, 0) is 43.0 Å². The molecule has 1 aliphatic heterocycles. The van der Waals surface area contributed by atoms with Crippen LogP contribution in [0.2, 0.25) is 0 Å². The number of piperidine rings is 1. The molecule has 2 unspecified atom stereocenters. The Morgan fingerprint density at radius 1 is 1.32 bits per heavy atom. The van der Waals surface area contributed by atoms with Gasteiger partial charge in [0.1, 0.15) is 0 Å². The van der Waals surface area contributed by atoms with Crippen molar-refractivity contribution in [3.63, 3.8) is 0 Å². The van der Waals surface area contributed by atoms with Crippen LogP contribution in [-0.2, 0) is 16.6 Å². The predicted octanol–water partition coefficient (Wildman–Crippen LogP) is 2.19. The minimum atomic E-state index is -3.43. The molecule has 2 atom stereocenters. The molecule has 3 rings (SSSR count). The Balaban J connectivity index is 1.95. The van der Waals surface area contributed by atoms with Crippen molar-refractivity contribution in [1.29, 1.82) is 0 Å². The smallest absolute Gasteiger partial charge is 0.244 e. The van der Waals surface area contributed by atoms with Crippen LogP contribution < -0.4 is 0 Å². The summed E-state index contributed by atoms with van der Waals surface area (Å²) in [6.45, 7) is 0.429. The summed E-state index contributed by atoms with van der Waals surface area (Å²) in [4.78, 5) is 0.868. The van der Waals surface area contributed by atoms with E-state index in [1.165, 1.54) is 11.3 Å². The fourth-order valence-corrected chi connectivity index (χ4v) is 6.53. The monoisotopic (exact) mass is 301 g/mol. The Morgan fingerprint density at radius 2 is 2.11 bits per heavy atom. The molecule has 2 aliphatic rings. The van der Waals surface area contributed by atoms with Crippen molar-refractivity contribution in [2.75, 3.05) is 6.54 Å². The average Bonchev–Trinajstić information content (AvgIpc) is 3.06. The predicted molar refractivity (Wildman–Crippen MR) is 74.5 cm³/mol. The van der Waals surface area contributed by atoms with E-state index in [1.807, 2.05) is 0 Å². The van der Waals surface area contributed by atoms with Gasteiger partial charge in [0.2, 0.25) is 10.0 Å². The molecule has 1 aromatic heterocycles. The third-order valence-electron chi connectivity index (χ3n) is 4.38. The van der Waals surface area contributed by atoms with Gasteiger partial charge < -0.3 is 5.11 Å². The molecular weight excluding hydrogens is 282 g/mol. The molecule has 106 valence electrons. The zero-order chi connectivity index (χ0) is 13.5. The molecule has 0 bridgehead atoms. The zero-order valence-electron chi connectivity index (χ0n) is 10.8. The number of aliphatic hydroxyl groups is 1. The standard InChI is InChI=1S/C13H19NO3S2/c15-9-12-13(6-8-18-12)19(16,17)14-7-2-4-10-3-1-5-11(10)14/h6,8,10-11,15H,1-5,7,9H2. The summed E-state index contributed by atoms with van der Waals surface area (Å²) < 4.78 is 27.3. The highest BCUT2D eigenvalue weighted by Crippen LogP contribution is 2.40. The molecule has 0 radical (unpaired) electrons. The summed E-state index contributed by atoms with van der Waals surface area (Å²) >= 11 is 1.31. The van der Waals surface area contributed by atoms with Crippen LogP contribution in [0, 0.1) is 5.92 Å². The van der Waals surface area contributed by atoms with Crippen LogP contribution in [0.4, 0.5) is 0 Å². The first-order chi connectivity index (χ1) is 9.14. The number of nitrogens with zero attached hydrogens (tertiary/aromatic N) is 1. The molecule has 2 heterocycles. The Labute approximate surface area is 118 Å². The Bertz CT molecular complexity index is 552. The van der Waals surface area contributed by atoms with Crippen LogP contribution in [0.25, 0.3) is 0 Å². The summed E-state index contributed by atoms with van der Waals surface area (Å²) in [5.74, 6) is 0.541. The van der Waals surface area contributed by atoms with E-state index in [2.05, 4.69) is 0 Å². The molecular formula is C13H19NO3S2. The fraction of sp³-hybridized carbons (Fsp3) is 0.692. The lowest BCUT2D eigenvalue weighted by molar-refractivity contribution is 0.201. The van der Waals surface area contributed by atoms with Crippen LogP contribution in [0.1, 0.15) is 37.0 Å². The van der Waals surface area contributed by atoms with Gasteiger partial charge in [0.05, 0.1) is 11.5 Å². The first-order valence-electron chi connectivity index (χ1n) is 6.83. The van der Waals surface area contributed by atoms with Gasteiger partial charge in [-0.15, -0.1) is 11.3 Å². The first-order valence-corrected chi connectivity index (χ1v) is 9.15. The lowest BCUT2D eigenvalue weighted by Crippen LogP contribution is -2.46. The molecule has 1 aromatic rings. The number of rotatable bonds is 3. The first kappa shape index (κ1) is 13.5. The van der Waals surface area contributed by atoms with Crippen LogP contribution in [0.5, 0.6) is 0 Å². The molecule has 1 saturated carbocycles. The third-order valence-corrected chi connectivity index (χ3v) is 7.42. The van der Waals surface area contributed by atoms with Crippen LogP contribution in [0.15, 0.2) is 16.3 Å². The van der Waals surface area contributed by atoms with Crippen molar-refractivity contribution in [1.82, 2.24) is 4.31 Å². The maximum absolute atomic E-state index is 12.8. The van der Waals surface area contributed by atoms with E-state index >= 15 is 0 Å². The highest BCUT2D eigenvalue weighted by atomic mass is 32.2. The van der Waals surface area contributed by atoms with Gasteiger partial charge in [0.15, 0.2) is 0 Å². The lowest BCUT2D eigenvalue weighted by atomic mass is 9.94. The van der Waals surface area contributed by atoms with Crippen molar-refractivity contribution < 1.29 is 13.5 Å². The van der Waals surface area contributed by atoms with Crippen molar-refractivity contribution in [3.05, 3.63) is 16.3 Å². The van der Waals surface area contributed by atoms with Crippen molar-refractivity contribution in [3.8, 4) is 0 Å². The summed E-state index contributed by atoms with van der Waals surface area (Å²) in [7, 11) is -3.43. The zero-order valence-corrected chi connectivity index (χ0v) is 12.4. The second kappa shape index (κ2) is 5.16. The maximum Gasteiger partial charge on any atom is 0.244 e. The minimum Gasteiger partial charge on any atom is -0.391 e. The van der Waals surface area contributed by atoms with Gasteiger partial charge in [0.25, 0.3) is 0 Å². The Morgan fingerprint density at radius 3 is 2.89 bits per heavy atom. The third kappa shape index (κ3) is 2.24. The van der Waals surface area contributed by atoms with E-state index in [0.717, 1.165) is 32.1 Å². The van der Waals surface area contributed by atoms with E-state index in [-0.39, 0.29) is 12.6 Å². The van der Waals surface area contributed by atoms with E-state index in [9.17, 15) is 13.5 Å². The van der Waals surface area contributed by atoms with Crippen LogP contribution in [-0.4, -0.2) is 30.4 Å². The van der Waals surface area contributed by atoms with Gasteiger partial charge in [-0.3, -0.25) is 0 Å². The molecule has 1 saturated heterocycles. The number of fused-ring (bicyclic) bond motifs is 1. The van der Waals surface area contributed by atoms with Crippen molar-refractivity contribution in [2.24, 2.45) is 5.92 Å². The molecule has 2 fully saturated rings. The topological polar surface area (TPSA) is 57.6 Å². The number of sulfonamides is 1. The summed E-state index contributed by atoms with van der Waals surface area (Å²) in [5.41, 5.74) is 0. The highest BCUT2D eigenvalue weighted by Gasteiger charge is 2.41. The summed E-state index contributed by atoms with van der Waals surface area (Å²) in [6.07, 6.45) is 5.40. The molecule has 6 heteroatoms. The van der Waals surface area contributed by atoms with E-state index in [0.29, 0.717) is 22.2 Å². The van der Waals surface area contributed by atoms with Crippen LogP contribution >= 0.6 is 11.3 Å². The fourth-order valence-electron chi connectivity index (χ4n) is 3.51. The molecule has 4 nitrogen and oxygen atoms in total. The molecule has 1 N–H and O–H groups in total. The summed E-state index contributed by atoms with van der Waals surface area (Å²) in [5, 5.41) is 11.0. The second-order valence-electron chi connectivity index (χ2n) is 5.38. The number of hydrogen-bond donors (Lipinski definition) is 1. The highest BCUT2D eigenvalue weighted by molar-refractivity contribution is 7.89. The SMILES string of the molecule is O=S(=O)(c1ccsc1CO)N1CCCC2CCCC21. The van der Waals surface area contributed by atoms with Gasteiger partial charge >= 0.3 is 0 Å². The van der Waals surface area contributed by atoms with Gasteiger partial charge in [-0.2, -0.15) is 4.31 Å². The minimum absolute atomic E-state index is 0.185. The quantitative estimate of drug-likeness (QED) is 0.931. The van der Waals surface area contributed by atoms with Gasteiger partial charge in [-0.25, -0.2) is 8.42 Å². The number of aliphatic hydroxyl groups excluding tert-OH is 1. The average molecular weight is 301 g/mol. The molecule has 19 heavy (non-hydrogen) atoms. The van der Waals surface area contributed by atoms with E-state index in [4.69, 9.17) is 0 Å². The largest absolute Gasteiger partial charge is 0.391 e. The summed E-state index contributed by atoms with van der Waals surface area (Å²) in [6, 6.07) is 1.81. The van der Waals surface area contributed by atoms with Crippen molar-refractivity contribution in [2.45, 2.75) is 49.6 Å². The molecule has 0 amide bonds. The van der Waals surface area contributed by atoms with Crippen molar-refractivity contribution >= 4 is 21.4 Å². The molecule has 0 spiro atoms. The lowest BCUT2D eigenvalue weighted by Gasteiger charge is -2.36. The van der Waals surface area contributed by atoms with E-state index < -0.39 is 10.0 Å². The Kier molecular flexibility index (Phi) is 3.68. The second-order valence-corrected chi connectivity index (χ2v) is 8.24. The number of thiophene rings is 1. The van der Waals surface area contributed by atoms with Crippen LogP contribution in [0.3, 0.4) is 0 Å².